The fourth-order valence-corrected chi connectivity index (χ4v) is 3.61. The summed E-state index contributed by atoms with van der Waals surface area (Å²) in [6, 6.07) is 5.88. The van der Waals surface area contributed by atoms with Crippen LogP contribution in [0.25, 0.3) is 10.2 Å². The van der Waals surface area contributed by atoms with Crippen LogP contribution in [-0.4, -0.2) is 16.8 Å². The molecule has 0 saturated carbocycles. The monoisotopic (exact) mass is 333 g/mol. The number of hydrogen-bond donors (Lipinski definition) is 1. The molecule has 1 N–H and O–H groups in total. The van der Waals surface area contributed by atoms with E-state index >= 15 is 0 Å². The number of benzene rings is 1. The number of ether oxygens (including phenoxy) is 2. The molecule has 22 heavy (non-hydrogen) atoms. The second-order valence-electron chi connectivity index (χ2n) is 4.92. The highest BCUT2D eigenvalue weighted by molar-refractivity contribution is 7.19. The van der Waals surface area contributed by atoms with Crippen molar-refractivity contribution in [1.82, 2.24) is 9.97 Å². The second-order valence-corrected chi connectivity index (χ2v) is 6.50. The summed E-state index contributed by atoms with van der Waals surface area (Å²) in [5, 5.41) is 4.92. The van der Waals surface area contributed by atoms with Crippen molar-refractivity contribution < 1.29 is 9.47 Å². The van der Waals surface area contributed by atoms with Crippen molar-refractivity contribution in [3.05, 3.63) is 40.0 Å². The number of thiophene rings is 1. The molecule has 5 nitrogen and oxygen atoms in total. The lowest BCUT2D eigenvalue weighted by molar-refractivity contribution is 0.174. The quantitative estimate of drug-likeness (QED) is 0.785. The van der Waals surface area contributed by atoms with Gasteiger partial charge < -0.3 is 14.8 Å². The van der Waals surface area contributed by atoms with Gasteiger partial charge in [-0.25, -0.2) is 9.97 Å². The molecule has 4 rings (SSSR count). The minimum absolute atomic E-state index is 0.280. The summed E-state index contributed by atoms with van der Waals surface area (Å²) in [5.74, 6) is 2.30. The van der Waals surface area contributed by atoms with Crippen LogP contribution < -0.4 is 14.8 Å². The van der Waals surface area contributed by atoms with Gasteiger partial charge in [-0.2, -0.15) is 0 Å². The van der Waals surface area contributed by atoms with E-state index in [4.69, 9.17) is 21.1 Å². The Hall–Kier alpha value is -2.05. The van der Waals surface area contributed by atoms with Crippen molar-refractivity contribution in [3.8, 4) is 11.5 Å². The summed E-state index contributed by atoms with van der Waals surface area (Å²) < 4.78 is 10.7. The third-order valence-corrected chi connectivity index (χ3v) is 5.09. The van der Waals surface area contributed by atoms with Gasteiger partial charge >= 0.3 is 0 Å². The predicted octanol–water partition coefficient (Wildman–Crippen LogP) is 3.99. The summed E-state index contributed by atoms with van der Waals surface area (Å²) in [6.45, 7) is 2.88. The fraction of sp³-hybridized carbons (Fsp3) is 0.200. The van der Waals surface area contributed by atoms with Crippen LogP contribution in [-0.2, 0) is 6.54 Å². The first-order chi connectivity index (χ1) is 10.7. The van der Waals surface area contributed by atoms with Gasteiger partial charge in [-0.3, -0.25) is 0 Å². The molecule has 0 spiro atoms. The van der Waals surface area contributed by atoms with Crippen molar-refractivity contribution in [2.45, 2.75) is 13.5 Å². The molecular weight excluding hydrogens is 322 g/mol. The molecule has 3 aromatic rings. The second kappa shape index (κ2) is 5.30. The van der Waals surface area contributed by atoms with E-state index in [1.54, 1.807) is 17.7 Å². The van der Waals surface area contributed by atoms with Crippen LogP contribution in [0, 0.1) is 6.92 Å². The van der Waals surface area contributed by atoms with Gasteiger partial charge in [0.1, 0.15) is 17.0 Å². The number of hydrogen-bond acceptors (Lipinski definition) is 6. The molecule has 1 aliphatic heterocycles. The predicted molar refractivity (Wildman–Crippen MR) is 87.1 cm³/mol. The van der Waals surface area contributed by atoms with Crippen LogP contribution >= 0.6 is 22.9 Å². The smallest absolute Gasteiger partial charge is 0.231 e. The summed E-state index contributed by atoms with van der Waals surface area (Å²) in [5.41, 5.74) is 1.08. The summed E-state index contributed by atoms with van der Waals surface area (Å²) in [6.07, 6.45) is 1.55. The highest BCUT2D eigenvalue weighted by Gasteiger charge is 2.15. The molecule has 0 unspecified atom stereocenters. The topological polar surface area (TPSA) is 56.3 Å². The SMILES string of the molecule is Cc1sc2ncnc(NCc3ccc4c(c3)OCO4)c2c1Cl. The van der Waals surface area contributed by atoms with Crippen LogP contribution in [0.15, 0.2) is 24.5 Å². The Morgan fingerprint density at radius 2 is 2.14 bits per heavy atom. The minimum atomic E-state index is 0.280. The van der Waals surface area contributed by atoms with Crippen molar-refractivity contribution >= 4 is 39.0 Å². The molecule has 1 aliphatic rings. The van der Waals surface area contributed by atoms with Gasteiger partial charge in [-0.1, -0.05) is 17.7 Å². The molecule has 7 heteroatoms. The van der Waals surface area contributed by atoms with Crippen LogP contribution in [0.1, 0.15) is 10.4 Å². The molecule has 1 aromatic carbocycles. The van der Waals surface area contributed by atoms with Crippen molar-refractivity contribution in [3.63, 3.8) is 0 Å². The summed E-state index contributed by atoms with van der Waals surface area (Å²) in [4.78, 5) is 10.5. The maximum absolute atomic E-state index is 6.36. The van der Waals surface area contributed by atoms with Gasteiger partial charge in [-0.05, 0) is 24.6 Å². The van der Waals surface area contributed by atoms with Gasteiger partial charge in [0, 0.05) is 11.4 Å². The third-order valence-electron chi connectivity index (χ3n) is 3.49. The molecule has 0 amide bonds. The van der Waals surface area contributed by atoms with E-state index in [0.717, 1.165) is 38.0 Å². The van der Waals surface area contributed by atoms with E-state index in [9.17, 15) is 0 Å². The van der Waals surface area contributed by atoms with Crippen molar-refractivity contribution in [2.24, 2.45) is 0 Å². The molecule has 3 heterocycles. The van der Waals surface area contributed by atoms with E-state index < -0.39 is 0 Å². The Bertz CT molecular complexity index is 865. The summed E-state index contributed by atoms with van der Waals surface area (Å²) >= 11 is 7.93. The minimum Gasteiger partial charge on any atom is -0.454 e. The molecule has 0 radical (unpaired) electrons. The first kappa shape index (κ1) is 13.6. The molecule has 0 saturated heterocycles. The zero-order valence-electron chi connectivity index (χ0n) is 11.7. The van der Waals surface area contributed by atoms with Gasteiger partial charge in [0.05, 0.1) is 10.4 Å². The Morgan fingerprint density at radius 1 is 1.27 bits per heavy atom. The van der Waals surface area contributed by atoms with Crippen LogP contribution in [0.2, 0.25) is 5.02 Å². The summed E-state index contributed by atoms with van der Waals surface area (Å²) in [7, 11) is 0. The number of rotatable bonds is 3. The first-order valence-electron chi connectivity index (χ1n) is 6.74. The molecule has 0 aliphatic carbocycles. The Morgan fingerprint density at radius 3 is 3.05 bits per heavy atom. The van der Waals surface area contributed by atoms with Crippen LogP contribution in [0.4, 0.5) is 5.82 Å². The number of anilines is 1. The first-order valence-corrected chi connectivity index (χ1v) is 7.94. The normalized spacial score (nSPS) is 12.8. The van der Waals surface area contributed by atoms with Crippen LogP contribution in [0.5, 0.6) is 11.5 Å². The number of fused-ring (bicyclic) bond motifs is 2. The van der Waals surface area contributed by atoms with E-state index in [1.165, 1.54) is 0 Å². The Balaban J connectivity index is 1.62. The van der Waals surface area contributed by atoms with Gasteiger partial charge in [0.25, 0.3) is 0 Å². The molecule has 2 aromatic heterocycles. The molecule has 0 bridgehead atoms. The Kier molecular flexibility index (Phi) is 3.28. The fourth-order valence-electron chi connectivity index (χ4n) is 2.38. The average molecular weight is 334 g/mol. The van der Waals surface area contributed by atoms with Gasteiger partial charge in [0.2, 0.25) is 6.79 Å². The zero-order chi connectivity index (χ0) is 15.1. The van der Waals surface area contributed by atoms with Gasteiger partial charge in [0.15, 0.2) is 11.5 Å². The van der Waals surface area contributed by atoms with Crippen molar-refractivity contribution in [2.75, 3.05) is 12.1 Å². The van der Waals surface area contributed by atoms with Crippen LogP contribution in [0.3, 0.4) is 0 Å². The number of aromatic nitrogens is 2. The van der Waals surface area contributed by atoms with E-state index in [-0.39, 0.29) is 6.79 Å². The molecule has 0 fully saturated rings. The molecule has 112 valence electrons. The number of nitrogens with zero attached hydrogens (tertiary/aromatic N) is 2. The maximum atomic E-state index is 6.36. The van der Waals surface area contributed by atoms with E-state index in [1.807, 2.05) is 25.1 Å². The largest absolute Gasteiger partial charge is 0.454 e. The third kappa shape index (κ3) is 2.24. The van der Waals surface area contributed by atoms with Crippen molar-refractivity contribution in [1.29, 1.82) is 0 Å². The zero-order valence-corrected chi connectivity index (χ0v) is 13.3. The van der Waals surface area contributed by atoms with E-state index in [0.29, 0.717) is 11.6 Å². The number of halogens is 1. The highest BCUT2D eigenvalue weighted by Crippen LogP contribution is 2.37. The standard InChI is InChI=1S/C15H12ClN3O2S/c1-8-13(16)12-14(18-6-19-15(12)22-8)17-5-9-2-3-10-11(4-9)21-7-20-10/h2-4,6H,5,7H2,1H3,(H,17,18,19). The molecular formula is C15H12ClN3O2S. The average Bonchev–Trinajstić information content (AvgIpc) is 3.10. The lowest BCUT2D eigenvalue weighted by atomic mass is 10.2. The number of nitrogens with one attached hydrogen (secondary N) is 1. The van der Waals surface area contributed by atoms with E-state index in [2.05, 4.69) is 15.3 Å². The highest BCUT2D eigenvalue weighted by atomic mass is 35.5. The number of aryl methyl sites for hydroxylation is 1. The molecule has 0 atom stereocenters. The lowest BCUT2D eigenvalue weighted by Gasteiger charge is -2.07. The lowest BCUT2D eigenvalue weighted by Crippen LogP contribution is -2.02. The maximum Gasteiger partial charge on any atom is 0.231 e. The van der Waals surface area contributed by atoms with Gasteiger partial charge in [-0.15, -0.1) is 11.3 Å². The Labute approximate surface area is 135 Å².